The summed E-state index contributed by atoms with van der Waals surface area (Å²) in [6.45, 7) is 0. The van der Waals surface area contributed by atoms with E-state index in [2.05, 4.69) is 0 Å². The number of ketones is 1. The van der Waals surface area contributed by atoms with Crippen molar-refractivity contribution in [3.05, 3.63) is 52.6 Å². The Morgan fingerprint density at radius 2 is 1.79 bits per heavy atom. The molecule has 0 radical (unpaired) electrons. The van der Waals surface area contributed by atoms with Crippen molar-refractivity contribution < 1.29 is 39.1 Å². The molecule has 2 bridgehead atoms. The molecule has 1 saturated heterocycles. The van der Waals surface area contributed by atoms with E-state index < -0.39 is 36.0 Å². The van der Waals surface area contributed by atoms with Crippen LogP contribution in [0.15, 0.2) is 30.3 Å². The van der Waals surface area contributed by atoms with Gasteiger partial charge in [0.05, 0.1) is 11.1 Å². The first-order valence-corrected chi connectivity index (χ1v) is 9.09. The minimum Gasteiger partial charge on any atom is -0.508 e. The number of carbonyl (C=O) groups is 1. The van der Waals surface area contributed by atoms with Crippen LogP contribution in [0.2, 0.25) is 0 Å². The molecule has 0 aromatic heterocycles. The van der Waals surface area contributed by atoms with Crippen LogP contribution in [0.25, 0.3) is 0 Å². The zero-order valence-electron chi connectivity index (χ0n) is 14.3. The Hall–Kier alpha value is -2.65. The van der Waals surface area contributed by atoms with Gasteiger partial charge in [0.2, 0.25) is 0 Å². The number of benzene rings is 2. The zero-order chi connectivity index (χ0) is 19.0. The van der Waals surface area contributed by atoms with Crippen LogP contribution in [0.3, 0.4) is 0 Å². The Kier molecular flexibility index (Phi) is 2.37. The molecule has 6 atom stereocenters. The molecule has 142 valence electrons. The van der Waals surface area contributed by atoms with Crippen LogP contribution in [0.4, 0.5) is 0 Å². The topological polar surface area (TPSA) is 118 Å². The predicted molar refractivity (Wildman–Crippen MR) is 88.8 cm³/mol. The Morgan fingerprint density at radius 1 is 1.00 bits per heavy atom. The van der Waals surface area contributed by atoms with Crippen LogP contribution in [-0.2, 0) is 21.0 Å². The second-order valence-electron chi connectivity index (χ2n) is 7.80. The Morgan fingerprint density at radius 3 is 2.64 bits per heavy atom. The molecule has 8 heteroatoms. The largest absolute Gasteiger partial charge is 0.508 e. The summed E-state index contributed by atoms with van der Waals surface area (Å²) >= 11 is 0. The third kappa shape index (κ3) is 1.43. The monoisotopic (exact) mass is 382 g/mol. The molecule has 8 nitrogen and oxygen atoms in total. The number of aliphatic hydroxyl groups excluding tert-OH is 2. The first-order valence-electron chi connectivity index (χ1n) is 9.09. The number of ether oxygens (including phenoxy) is 4. The van der Waals surface area contributed by atoms with Gasteiger partial charge < -0.3 is 29.5 Å². The SMILES string of the molecule is O=C1C[C@@H](O)C23Oc4ccc(O)c5c4[C@](Oc4cccc1c42)(O3)[C@@H]1OC1[C@H]5O. The minimum absolute atomic E-state index is 0.120. The molecule has 5 aliphatic rings. The van der Waals surface area contributed by atoms with Gasteiger partial charge in [0, 0.05) is 17.5 Å². The van der Waals surface area contributed by atoms with Gasteiger partial charge >= 0.3 is 0 Å². The molecule has 3 N–H and O–H groups in total. The van der Waals surface area contributed by atoms with Gasteiger partial charge in [-0.1, -0.05) is 12.1 Å². The molecule has 2 aromatic carbocycles. The van der Waals surface area contributed by atoms with Gasteiger partial charge in [-0.2, -0.15) is 0 Å². The molecule has 3 heterocycles. The average molecular weight is 382 g/mol. The third-order valence-electron chi connectivity index (χ3n) is 6.36. The summed E-state index contributed by atoms with van der Waals surface area (Å²) in [6, 6.07) is 7.99. The van der Waals surface area contributed by atoms with Gasteiger partial charge in [0.25, 0.3) is 11.6 Å². The Labute approximate surface area is 157 Å². The number of carbonyl (C=O) groups excluding carboxylic acids is 1. The first-order chi connectivity index (χ1) is 13.5. The van der Waals surface area contributed by atoms with Crippen LogP contribution < -0.4 is 9.47 Å². The highest BCUT2D eigenvalue weighted by Gasteiger charge is 2.75. The fourth-order valence-corrected chi connectivity index (χ4v) is 5.15. The van der Waals surface area contributed by atoms with E-state index in [4.69, 9.17) is 18.9 Å². The number of epoxide rings is 1. The number of fused-ring (bicyclic) bond motifs is 1. The number of hydrogen-bond acceptors (Lipinski definition) is 8. The number of aliphatic hydroxyl groups is 2. The standard InChI is InChI=1S/C20H14O8/c21-8-4-5-11-15-13(8)16(24)17-18(25-17)20(15)27-10-3-1-2-7-9(22)6-12(23)19(26-11,28-20)14(7)10/h1-5,12,16-18,21,23-24H,6H2/t12-,16+,17?,18-,19?,20+/m1/s1. The molecule has 7 rings (SSSR count). The maximum atomic E-state index is 12.5. The molecular formula is C20H14O8. The fourth-order valence-electron chi connectivity index (χ4n) is 5.15. The number of aromatic hydroxyl groups is 1. The molecule has 28 heavy (non-hydrogen) atoms. The lowest BCUT2D eigenvalue weighted by Gasteiger charge is -2.55. The number of phenolic OH excluding ortho intramolecular Hbond substituents is 1. The third-order valence-corrected chi connectivity index (χ3v) is 6.36. The number of Topliss-reactive ketones (excluding diaryl/α,β-unsaturated/α-hetero) is 1. The van der Waals surface area contributed by atoms with Crippen molar-refractivity contribution in [2.75, 3.05) is 0 Å². The summed E-state index contributed by atoms with van der Waals surface area (Å²) in [5.74, 6) is -2.83. The molecule has 0 amide bonds. The Bertz CT molecular complexity index is 1110. The van der Waals surface area contributed by atoms with Gasteiger partial charge in [-0.3, -0.25) is 9.53 Å². The smallest absolute Gasteiger partial charge is 0.274 e. The summed E-state index contributed by atoms with van der Waals surface area (Å²) in [5, 5.41) is 31.9. The van der Waals surface area contributed by atoms with Crippen LogP contribution in [0.1, 0.15) is 39.6 Å². The summed E-state index contributed by atoms with van der Waals surface area (Å²) in [5.41, 5.74) is 1.31. The lowest BCUT2D eigenvalue weighted by Crippen LogP contribution is -2.65. The van der Waals surface area contributed by atoms with Crippen molar-refractivity contribution in [2.24, 2.45) is 0 Å². The van der Waals surface area contributed by atoms with Crippen molar-refractivity contribution in [1.82, 2.24) is 0 Å². The van der Waals surface area contributed by atoms with Crippen LogP contribution in [0, 0.1) is 0 Å². The zero-order valence-corrected chi connectivity index (χ0v) is 14.3. The van der Waals surface area contributed by atoms with E-state index in [1.807, 2.05) is 0 Å². The predicted octanol–water partition coefficient (Wildman–Crippen LogP) is 0.961. The normalized spacial score (nSPS) is 40.4. The number of phenols is 1. The van der Waals surface area contributed by atoms with E-state index in [9.17, 15) is 20.1 Å². The van der Waals surface area contributed by atoms with Crippen molar-refractivity contribution in [3.8, 4) is 17.2 Å². The summed E-state index contributed by atoms with van der Waals surface area (Å²) in [7, 11) is 0. The highest BCUT2D eigenvalue weighted by Crippen LogP contribution is 2.66. The van der Waals surface area contributed by atoms with E-state index in [0.29, 0.717) is 28.2 Å². The van der Waals surface area contributed by atoms with E-state index in [1.165, 1.54) is 6.07 Å². The van der Waals surface area contributed by atoms with Crippen molar-refractivity contribution >= 4 is 5.78 Å². The molecule has 2 aromatic rings. The molecule has 2 spiro atoms. The minimum atomic E-state index is -1.64. The van der Waals surface area contributed by atoms with Crippen LogP contribution in [0.5, 0.6) is 17.2 Å². The van der Waals surface area contributed by atoms with E-state index in [1.54, 1.807) is 24.3 Å². The van der Waals surface area contributed by atoms with Crippen LogP contribution >= 0.6 is 0 Å². The van der Waals surface area contributed by atoms with Gasteiger partial charge in [0.1, 0.15) is 35.6 Å². The van der Waals surface area contributed by atoms with Crippen molar-refractivity contribution in [3.63, 3.8) is 0 Å². The second-order valence-corrected chi connectivity index (χ2v) is 7.80. The van der Waals surface area contributed by atoms with Crippen molar-refractivity contribution in [1.29, 1.82) is 0 Å². The lowest BCUT2D eigenvalue weighted by molar-refractivity contribution is -0.389. The summed E-state index contributed by atoms with van der Waals surface area (Å²) in [6.07, 6.45) is -3.73. The van der Waals surface area contributed by atoms with Gasteiger partial charge in [-0.05, 0) is 18.2 Å². The Balaban J connectivity index is 1.60. The number of hydrogen-bond donors (Lipinski definition) is 3. The lowest BCUT2D eigenvalue weighted by atomic mass is 9.77. The quantitative estimate of drug-likeness (QED) is 0.577. The van der Waals surface area contributed by atoms with E-state index in [-0.39, 0.29) is 23.5 Å². The van der Waals surface area contributed by atoms with Crippen LogP contribution in [-0.4, -0.2) is 39.4 Å². The molecule has 3 aliphatic heterocycles. The second kappa shape index (κ2) is 4.33. The maximum absolute atomic E-state index is 12.5. The highest BCUT2D eigenvalue weighted by atomic mass is 16.8. The molecule has 2 unspecified atom stereocenters. The van der Waals surface area contributed by atoms with Gasteiger partial charge in [-0.25, -0.2) is 0 Å². The summed E-state index contributed by atoms with van der Waals surface area (Å²) in [4.78, 5) is 12.5. The molecule has 1 fully saturated rings. The fraction of sp³-hybridized carbons (Fsp3) is 0.350. The number of rotatable bonds is 0. The maximum Gasteiger partial charge on any atom is 0.274 e. The summed E-state index contributed by atoms with van der Waals surface area (Å²) < 4.78 is 24.5. The van der Waals surface area contributed by atoms with E-state index >= 15 is 0 Å². The molecular weight excluding hydrogens is 368 g/mol. The molecule has 2 aliphatic carbocycles. The van der Waals surface area contributed by atoms with E-state index in [0.717, 1.165) is 0 Å². The molecule has 0 saturated carbocycles. The van der Waals surface area contributed by atoms with Gasteiger partial charge in [-0.15, -0.1) is 0 Å². The highest BCUT2D eigenvalue weighted by molar-refractivity contribution is 6.00. The average Bonchev–Trinajstić information content (AvgIpc) is 3.48. The first kappa shape index (κ1) is 15.3. The van der Waals surface area contributed by atoms with Crippen molar-refractivity contribution in [2.45, 2.75) is 42.4 Å². The van der Waals surface area contributed by atoms with Gasteiger partial charge in [0.15, 0.2) is 11.9 Å².